The molecule has 60 valence electrons. The van der Waals surface area contributed by atoms with Crippen molar-refractivity contribution < 1.29 is 27.2 Å². The average molecular weight is 247 g/mol. The molecule has 1 aromatic carbocycles. The van der Waals surface area contributed by atoms with Crippen LogP contribution in [0.4, 0.5) is 0 Å². The number of halogens is 3. The third-order valence-corrected chi connectivity index (χ3v) is 2.14. The molecular weight excluding hydrogens is 242 g/mol. The van der Waals surface area contributed by atoms with Crippen molar-refractivity contribution in [2.45, 2.75) is 0 Å². The maximum absolute atomic E-state index is 5.61. The first-order chi connectivity index (χ1) is 4.22. The summed E-state index contributed by atoms with van der Waals surface area (Å²) in [5.41, 5.74) is 0. The van der Waals surface area contributed by atoms with Gasteiger partial charge in [-0.3, -0.25) is 0 Å². The van der Waals surface area contributed by atoms with Gasteiger partial charge in [-0.25, -0.2) is 0 Å². The predicted octanol–water partition coefficient (Wildman–Crippen LogP) is 2.82. The van der Waals surface area contributed by atoms with Crippen molar-refractivity contribution in [1.82, 2.24) is 0 Å². The Morgan fingerprint density at radius 3 is 1.55 bits per heavy atom. The van der Waals surface area contributed by atoms with E-state index in [0.717, 1.165) is 0 Å². The van der Waals surface area contributed by atoms with Crippen LogP contribution in [0.25, 0.3) is 0 Å². The Balaban J connectivity index is 0. The van der Waals surface area contributed by atoms with Crippen molar-refractivity contribution in [3.05, 3.63) is 33.3 Å². The molecule has 5 heteroatoms. The number of hydrogen-bond donors (Lipinski definition) is 0. The summed E-state index contributed by atoms with van der Waals surface area (Å²) in [4.78, 5) is 0. The van der Waals surface area contributed by atoms with Crippen LogP contribution in [0.3, 0.4) is 0 Å². The van der Waals surface area contributed by atoms with Crippen LogP contribution >= 0.6 is 34.8 Å². The van der Waals surface area contributed by atoms with E-state index in [1.807, 2.05) is 0 Å². The molecule has 1 nitrogen and oxygen atoms in total. The minimum atomic E-state index is 0. The van der Waals surface area contributed by atoms with Crippen LogP contribution in [0.2, 0.25) is 15.1 Å². The summed E-state index contributed by atoms with van der Waals surface area (Å²) in [5, 5.41) is 1.40. The normalized spacial score (nSPS) is 7.91. The molecule has 1 aromatic rings. The summed E-state index contributed by atoms with van der Waals surface area (Å²) in [5.74, 6) is 0. The second-order valence-corrected chi connectivity index (χ2v) is 2.73. The van der Waals surface area contributed by atoms with Crippen molar-refractivity contribution in [3.8, 4) is 0 Å². The van der Waals surface area contributed by atoms with Crippen LogP contribution < -0.4 is 0 Å². The summed E-state index contributed by atoms with van der Waals surface area (Å²) < 4.78 is 0. The van der Waals surface area contributed by atoms with Crippen molar-refractivity contribution in [2.75, 3.05) is 0 Å². The first-order valence-electron chi connectivity index (χ1n) is 2.31. The molecule has 0 fully saturated rings. The summed E-state index contributed by atoms with van der Waals surface area (Å²) >= 11 is 16.8. The fourth-order valence-electron chi connectivity index (χ4n) is 0.477. The van der Waals surface area contributed by atoms with E-state index in [4.69, 9.17) is 34.8 Å². The quantitative estimate of drug-likeness (QED) is 0.499. The fraction of sp³-hybridized carbons (Fsp3) is 0. The molecule has 0 unspecified atom stereocenters. The summed E-state index contributed by atoms with van der Waals surface area (Å²) in [7, 11) is 0. The van der Waals surface area contributed by atoms with Gasteiger partial charge in [0.25, 0.3) is 0 Å². The molecule has 0 aliphatic heterocycles. The molecule has 0 aromatic heterocycles. The third kappa shape index (κ3) is 3.79. The summed E-state index contributed by atoms with van der Waals surface area (Å²) in [6.07, 6.45) is 0. The van der Waals surface area contributed by atoms with Gasteiger partial charge in [-0.1, -0.05) is 40.9 Å². The Bertz CT molecular complexity index is 209. The number of hydrogen-bond acceptors (Lipinski definition) is 0. The standard InChI is InChI=1S/C6H3Cl3.H2O.Ti/c7-4-2-1-3-5(8)6(4)9;;/h1-3H;1H2;. The topological polar surface area (TPSA) is 31.5 Å². The zero-order valence-electron chi connectivity index (χ0n) is 5.37. The van der Waals surface area contributed by atoms with Gasteiger partial charge in [0, 0.05) is 21.7 Å². The van der Waals surface area contributed by atoms with Crippen LogP contribution in [0.1, 0.15) is 0 Å². The van der Waals surface area contributed by atoms with Gasteiger partial charge >= 0.3 is 0 Å². The van der Waals surface area contributed by atoms with Crippen LogP contribution in [0, 0.1) is 0 Å². The molecule has 0 radical (unpaired) electrons. The molecule has 0 aliphatic carbocycles. The van der Waals surface area contributed by atoms with E-state index >= 15 is 0 Å². The van der Waals surface area contributed by atoms with Crippen LogP contribution in [-0.2, 0) is 21.7 Å². The third-order valence-electron chi connectivity index (χ3n) is 0.904. The van der Waals surface area contributed by atoms with Crippen LogP contribution in [0.5, 0.6) is 0 Å². The first kappa shape index (κ1) is 14.3. The molecule has 0 saturated carbocycles. The van der Waals surface area contributed by atoms with Gasteiger partial charge in [-0.15, -0.1) is 0 Å². The average Bonchev–Trinajstić information content (AvgIpc) is 1.83. The molecule has 0 aliphatic rings. The van der Waals surface area contributed by atoms with Crippen molar-refractivity contribution in [1.29, 1.82) is 0 Å². The van der Waals surface area contributed by atoms with Gasteiger partial charge in [-0.05, 0) is 12.1 Å². The van der Waals surface area contributed by atoms with Crippen molar-refractivity contribution in [3.63, 3.8) is 0 Å². The maximum atomic E-state index is 5.61. The second kappa shape index (κ2) is 6.30. The van der Waals surface area contributed by atoms with Crippen LogP contribution in [-0.4, -0.2) is 5.48 Å². The molecule has 0 amide bonds. The Hall–Kier alpha value is 0.764. The monoisotopic (exact) mass is 246 g/mol. The predicted molar refractivity (Wildman–Crippen MR) is 45.1 cm³/mol. The molecule has 0 atom stereocenters. The van der Waals surface area contributed by atoms with Gasteiger partial charge < -0.3 is 5.48 Å². The van der Waals surface area contributed by atoms with E-state index < -0.39 is 0 Å². The minimum Gasteiger partial charge on any atom is -0.412 e. The molecular formula is C6H5Cl3OTi. The van der Waals surface area contributed by atoms with Gasteiger partial charge in [0.1, 0.15) is 0 Å². The Kier molecular flexibility index (Phi) is 8.19. The molecule has 11 heavy (non-hydrogen) atoms. The van der Waals surface area contributed by atoms with Gasteiger partial charge in [0.05, 0.1) is 15.1 Å². The van der Waals surface area contributed by atoms with Crippen molar-refractivity contribution in [2.24, 2.45) is 0 Å². The van der Waals surface area contributed by atoms with E-state index in [9.17, 15) is 0 Å². The van der Waals surface area contributed by atoms with E-state index in [2.05, 4.69) is 0 Å². The van der Waals surface area contributed by atoms with Crippen LogP contribution in [0.15, 0.2) is 18.2 Å². The second-order valence-electron chi connectivity index (χ2n) is 1.54. The van der Waals surface area contributed by atoms with Gasteiger partial charge in [0.15, 0.2) is 0 Å². The van der Waals surface area contributed by atoms with E-state index in [1.54, 1.807) is 18.2 Å². The fourth-order valence-corrected chi connectivity index (χ4v) is 1.00. The molecule has 0 bridgehead atoms. The molecule has 0 heterocycles. The van der Waals surface area contributed by atoms with E-state index in [0.29, 0.717) is 15.1 Å². The molecule has 2 N–H and O–H groups in total. The number of benzene rings is 1. The Labute approximate surface area is 94.8 Å². The van der Waals surface area contributed by atoms with Gasteiger partial charge in [0.2, 0.25) is 0 Å². The first-order valence-corrected chi connectivity index (χ1v) is 3.44. The smallest absolute Gasteiger partial charge is 0.0778 e. The van der Waals surface area contributed by atoms with Crippen molar-refractivity contribution >= 4 is 34.8 Å². The molecule has 0 saturated heterocycles. The zero-order chi connectivity index (χ0) is 6.85. The molecule has 0 spiro atoms. The van der Waals surface area contributed by atoms with Gasteiger partial charge in [-0.2, -0.15) is 0 Å². The SMILES string of the molecule is Clc1cccc(Cl)c1Cl.O.[Ti]. The summed E-state index contributed by atoms with van der Waals surface area (Å²) in [6.45, 7) is 0. The summed E-state index contributed by atoms with van der Waals surface area (Å²) in [6, 6.07) is 5.13. The zero-order valence-corrected chi connectivity index (χ0v) is 9.20. The molecule has 1 rings (SSSR count). The minimum absolute atomic E-state index is 0. The Morgan fingerprint density at radius 1 is 0.909 bits per heavy atom. The van der Waals surface area contributed by atoms with E-state index in [-0.39, 0.29) is 27.2 Å². The number of rotatable bonds is 0. The largest absolute Gasteiger partial charge is 0.412 e. The van der Waals surface area contributed by atoms with E-state index in [1.165, 1.54) is 0 Å². The Morgan fingerprint density at radius 2 is 1.27 bits per heavy atom. The maximum Gasteiger partial charge on any atom is 0.0778 e.